The number of amides is 1. The number of carbonyl (C=O) groups is 1. The van der Waals surface area contributed by atoms with Crippen LogP contribution in [0, 0.1) is 12.8 Å². The van der Waals surface area contributed by atoms with Crippen LogP contribution in [0.4, 0.5) is 0 Å². The number of nitrogens with two attached hydrogens (primary N) is 1. The summed E-state index contributed by atoms with van der Waals surface area (Å²) < 4.78 is 1.83. The fourth-order valence-electron chi connectivity index (χ4n) is 2.81. The zero-order chi connectivity index (χ0) is 19.2. The quantitative estimate of drug-likeness (QED) is 0.678. The van der Waals surface area contributed by atoms with Gasteiger partial charge in [-0.3, -0.25) is 9.48 Å². The van der Waals surface area contributed by atoms with E-state index >= 15 is 0 Å². The lowest BCUT2D eigenvalue weighted by molar-refractivity contribution is 0.0949. The summed E-state index contributed by atoms with van der Waals surface area (Å²) in [5.74, 6) is 0.112. The number of rotatable bonds is 7. The van der Waals surface area contributed by atoms with Gasteiger partial charge >= 0.3 is 0 Å². The molecule has 27 heavy (non-hydrogen) atoms. The third-order valence-electron chi connectivity index (χ3n) is 4.53. The Hall–Kier alpha value is -2.92. The van der Waals surface area contributed by atoms with Crippen LogP contribution >= 0.6 is 0 Å². The summed E-state index contributed by atoms with van der Waals surface area (Å²) in [5, 5.41) is 7.68. The Bertz CT molecular complexity index is 884. The molecular weight excluding hydrogens is 336 g/mol. The molecule has 0 saturated heterocycles. The summed E-state index contributed by atoms with van der Waals surface area (Å²) in [6.45, 7) is 5.76. The summed E-state index contributed by atoms with van der Waals surface area (Å²) >= 11 is 0. The van der Waals surface area contributed by atoms with Gasteiger partial charge < -0.3 is 11.1 Å². The third kappa shape index (κ3) is 4.83. The van der Waals surface area contributed by atoms with Gasteiger partial charge in [-0.1, -0.05) is 67.1 Å². The topological polar surface area (TPSA) is 72.9 Å². The van der Waals surface area contributed by atoms with Crippen LogP contribution in [0.2, 0.25) is 0 Å². The zero-order valence-electron chi connectivity index (χ0n) is 15.9. The van der Waals surface area contributed by atoms with Crippen molar-refractivity contribution >= 4 is 5.91 Å². The molecule has 2 aromatic carbocycles. The molecule has 3 rings (SSSR count). The standard InChI is InChI=1S/C22H26N4O/c1-16-8-10-19(11-9-16)21-20(22(27)24-13-17(2)12-23)15-26(25-21)14-18-6-4-3-5-7-18/h3-11,15,17H,12-14,23H2,1-2H3,(H,24,27). The van der Waals surface area contributed by atoms with Crippen LogP contribution in [-0.4, -0.2) is 28.8 Å². The molecule has 3 aromatic rings. The SMILES string of the molecule is Cc1ccc(-c2nn(Cc3ccccc3)cc2C(=O)NCC(C)CN)cc1. The maximum atomic E-state index is 12.8. The van der Waals surface area contributed by atoms with Crippen molar-refractivity contribution in [1.29, 1.82) is 0 Å². The Morgan fingerprint density at radius 2 is 1.85 bits per heavy atom. The summed E-state index contributed by atoms with van der Waals surface area (Å²) in [6, 6.07) is 18.2. The van der Waals surface area contributed by atoms with Gasteiger partial charge in [-0.05, 0) is 24.9 Å². The number of aryl methyl sites for hydroxylation is 1. The van der Waals surface area contributed by atoms with Gasteiger partial charge in [-0.25, -0.2) is 0 Å². The molecule has 5 nitrogen and oxygen atoms in total. The number of nitrogens with one attached hydrogen (secondary N) is 1. The van der Waals surface area contributed by atoms with Crippen molar-refractivity contribution in [3.63, 3.8) is 0 Å². The van der Waals surface area contributed by atoms with Gasteiger partial charge in [0.15, 0.2) is 0 Å². The zero-order valence-corrected chi connectivity index (χ0v) is 15.9. The molecule has 1 unspecified atom stereocenters. The first-order valence-corrected chi connectivity index (χ1v) is 9.23. The van der Waals surface area contributed by atoms with Crippen molar-refractivity contribution < 1.29 is 4.79 Å². The van der Waals surface area contributed by atoms with Crippen LogP contribution in [0.15, 0.2) is 60.8 Å². The number of carbonyl (C=O) groups excluding carboxylic acids is 1. The van der Waals surface area contributed by atoms with E-state index in [-0.39, 0.29) is 11.8 Å². The first kappa shape index (κ1) is 18.9. The molecule has 0 spiro atoms. The van der Waals surface area contributed by atoms with Crippen molar-refractivity contribution in [3.05, 3.63) is 77.5 Å². The van der Waals surface area contributed by atoms with E-state index in [9.17, 15) is 4.79 Å². The monoisotopic (exact) mass is 362 g/mol. The largest absolute Gasteiger partial charge is 0.352 e. The number of nitrogens with zero attached hydrogens (tertiary/aromatic N) is 2. The van der Waals surface area contributed by atoms with E-state index in [4.69, 9.17) is 10.8 Å². The van der Waals surface area contributed by atoms with E-state index in [2.05, 4.69) is 17.4 Å². The van der Waals surface area contributed by atoms with Crippen molar-refractivity contribution in [2.45, 2.75) is 20.4 Å². The van der Waals surface area contributed by atoms with Gasteiger partial charge in [-0.2, -0.15) is 5.10 Å². The lowest BCUT2D eigenvalue weighted by Crippen LogP contribution is -2.31. The van der Waals surface area contributed by atoms with E-state index in [0.717, 1.165) is 11.1 Å². The molecule has 1 amide bonds. The number of benzene rings is 2. The van der Waals surface area contributed by atoms with Gasteiger partial charge in [0.2, 0.25) is 0 Å². The second kappa shape index (κ2) is 8.64. The van der Waals surface area contributed by atoms with E-state index in [0.29, 0.717) is 30.9 Å². The summed E-state index contributed by atoms with van der Waals surface area (Å²) in [7, 11) is 0. The third-order valence-corrected chi connectivity index (χ3v) is 4.53. The first-order valence-electron chi connectivity index (χ1n) is 9.23. The first-order chi connectivity index (χ1) is 13.1. The number of hydrogen-bond donors (Lipinski definition) is 2. The smallest absolute Gasteiger partial charge is 0.255 e. The normalized spacial score (nSPS) is 12.0. The summed E-state index contributed by atoms with van der Waals surface area (Å²) in [4.78, 5) is 12.8. The molecule has 140 valence electrons. The Kier molecular flexibility index (Phi) is 6.04. The average Bonchev–Trinajstić information content (AvgIpc) is 3.11. The second-order valence-corrected chi connectivity index (χ2v) is 6.99. The molecule has 1 aromatic heterocycles. The van der Waals surface area contributed by atoms with Crippen molar-refractivity contribution in [2.75, 3.05) is 13.1 Å². The van der Waals surface area contributed by atoms with Crippen LogP contribution in [0.3, 0.4) is 0 Å². The minimum absolute atomic E-state index is 0.120. The van der Waals surface area contributed by atoms with Crippen molar-refractivity contribution in [2.24, 2.45) is 11.7 Å². The van der Waals surface area contributed by atoms with E-state index < -0.39 is 0 Å². The van der Waals surface area contributed by atoms with Gasteiger partial charge in [0.25, 0.3) is 5.91 Å². The molecule has 5 heteroatoms. The molecule has 0 fully saturated rings. The van der Waals surface area contributed by atoms with Gasteiger partial charge in [-0.15, -0.1) is 0 Å². The predicted molar refractivity (Wildman–Crippen MR) is 108 cm³/mol. The predicted octanol–water partition coefficient (Wildman–Crippen LogP) is 3.23. The van der Waals surface area contributed by atoms with E-state index in [1.165, 1.54) is 5.56 Å². The van der Waals surface area contributed by atoms with Crippen molar-refractivity contribution in [3.8, 4) is 11.3 Å². The lowest BCUT2D eigenvalue weighted by Gasteiger charge is -2.10. The maximum absolute atomic E-state index is 12.8. The van der Waals surface area contributed by atoms with E-state index in [1.54, 1.807) is 0 Å². The molecule has 0 bridgehead atoms. The Balaban J connectivity index is 1.91. The Morgan fingerprint density at radius 1 is 1.15 bits per heavy atom. The summed E-state index contributed by atoms with van der Waals surface area (Å²) in [5.41, 5.74) is 10.2. The molecule has 0 radical (unpaired) electrons. The fraction of sp³-hybridized carbons (Fsp3) is 0.273. The molecule has 3 N–H and O–H groups in total. The van der Waals surface area contributed by atoms with Gasteiger partial charge in [0.05, 0.1) is 12.1 Å². The van der Waals surface area contributed by atoms with E-state index in [1.807, 2.05) is 67.2 Å². The van der Waals surface area contributed by atoms with Gasteiger partial charge in [0, 0.05) is 18.3 Å². The van der Waals surface area contributed by atoms with Gasteiger partial charge in [0.1, 0.15) is 5.69 Å². The highest BCUT2D eigenvalue weighted by molar-refractivity contribution is 5.99. The Morgan fingerprint density at radius 3 is 2.52 bits per heavy atom. The van der Waals surface area contributed by atoms with Crippen LogP contribution in [0.25, 0.3) is 11.3 Å². The van der Waals surface area contributed by atoms with Crippen LogP contribution in [0.1, 0.15) is 28.4 Å². The minimum atomic E-state index is -0.120. The lowest BCUT2D eigenvalue weighted by atomic mass is 10.1. The second-order valence-electron chi connectivity index (χ2n) is 6.99. The molecule has 0 saturated carbocycles. The molecular formula is C22H26N4O. The number of aromatic nitrogens is 2. The van der Waals surface area contributed by atoms with Crippen LogP contribution < -0.4 is 11.1 Å². The molecule has 0 aliphatic rings. The van der Waals surface area contributed by atoms with Crippen LogP contribution in [0.5, 0.6) is 0 Å². The highest BCUT2D eigenvalue weighted by atomic mass is 16.1. The van der Waals surface area contributed by atoms with Crippen LogP contribution in [-0.2, 0) is 6.54 Å². The molecule has 1 heterocycles. The maximum Gasteiger partial charge on any atom is 0.255 e. The average molecular weight is 362 g/mol. The highest BCUT2D eigenvalue weighted by Gasteiger charge is 2.18. The molecule has 0 aliphatic carbocycles. The molecule has 0 aliphatic heterocycles. The molecule has 1 atom stereocenters. The number of hydrogen-bond acceptors (Lipinski definition) is 3. The fourth-order valence-corrected chi connectivity index (χ4v) is 2.81. The highest BCUT2D eigenvalue weighted by Crippen LogP contribution is 2.23. The minimum Gasteiger partial charge on any atom is -0.352 e. The Labute approximate surface area is 160 Å². The van der Waals surface area contributed by atoms with Crippen molar-refractivity contribution in [1.82, 2.24) is 15.1 Å². The summed E-state index contributed by atoms with van der Waals surface area (Å²) in [6.07, 6.45) is 1.82.